The molecule has 0 spiro atoms. The molecule has 0 heterocycles. The third-order valence-electron chi connectivity index (χ3n) is 3.58. The molecule has 3 atom stereocenters. The standard InChI is InChI=1S/C14H16F2N2/c1-9(14-11(15)5-3-6-12(14)16)18-13-7-2-4-10(13)8-17/h3,5-6,9-10,13,18H,2,4,7H2,1H3. The molecule has 1 aromatic carbocycles. The zero-order chi connectivity index (χ0) is 13.1. The van der Waals surface area contributed by atoms with E-state index in [4.69, 9.17) is 5.26 Å². The molecule has 2 nitrogen and oxygen atoms in total. The molecular formula is C14H16F2N2. The molecule has 1 aliphatic carbocycles. The highest BCUT2D eigenvalue weighted by Crippen LogP contribution is 2.28. The summed E-state index contributed by atoms with van der Waals surface area (Å²) in [5.41, 5.74) is 0.0566. The SMILES string of the molecule is CC(NC1CCCC1C#N)c1c(F)cccc1F. The molecule has 18 heavy (non-hydrogen) atoms. The first-order valence-electron chi connectivity index (χ1n) is 6.23. The Morgan fingerprint density at radius 2 is 2.00 bits per heavy atom. The van der Waals surface area contributed by atoms with Crippen LogP contribution in [0, 0.1) is 28.9 Å². The van der Waals surface area contributed by atoms with Gasteiger partial charge in [-0.15, -0.1) is 0 Å². The second-order valence-corrected chi connectivity index (χ2v) is 4.80. The Hall–Kier alpha value is -1.47. The van der Waals surface area contributed by atoms with E-state index in [1.807, 2.05) is 0 Å². The van der Waals surface area contributed by atoms with Crippen molar-refractivity contribution in [1.29, 1.82) is 5.26 Å². The zero-order valence-electron chi connectivity index (χ0n) is 10.3. The van der Waals surface area contributed by atoms with Gasteiger partial charge in [-0.25, -0.2) is 8.78 Å². The molecule has 0 amide bonds. The van der Waals surface area contributed by atoms with Crippen LogP contribution < -0.4 is 5.32 Å². The number of benzene rings is 1. The summed E-state index contributed by atoms with van der Waals surface area (Å²) in [6.45, 7) is 1.73. The lowest BCUT2D eigenvalue weighted by Gasteiger charge is -2.22. The van der Waals surface area contributed by atoms with Crippen LogP contribution >= 0.6 is 0 Å². The van der Waals surface area contributed by atoms with Crippen molar-refractivity contribution in [3.05, 3.63) is 35.4 Å². The van der Waals surface area contributed by atoms with Gasteiger partial charge in [0.1, 0.15) is 11.6 Å². The summed E-state index contributed by atoms with van der Waals surface area (Å²) in [6.07, 6.45) is 2.74. The highest BCUT2D eigenvalue weighted by Gasteiger charge is 2.29. The molecule has 1 N–H and O–H groups in total. The fourth-order valence-electron chi connectivity index (χ4n) is 2.64. The maximum absolute atomic E-state index is 13.6. The number of hydrogen-bond donors (Lipinski definition) is 1. The monoisotopic (exact) mass is 250 g/mol. The molecule has 96 valence electrons. The molecule has 2 rings (SSSR count). The first kappa shape index (κ1) is 13.0. The molecule has 0 radical (unpaired) electrons. The minimum absolute atomic E-state index is 0.0315. The lowest BCUT2D eigenvalue weighted by atomic mass is 10.0. The topological polar surface area (TPSA) is 35.8 Å². The summed E-state index contributed by atoms with van der Waals surface area (Å²) >= 11 is 0. The van der Waals surface area contributed by atoms with Gasteiger partial charge in [0.05, 0.1) is 12.0 Å². The minimum Gasteiger partial charge on any atom is -0.306 e. The molecule has 1 saturated carbocycles. The Morgan fingerprint density at radius 3 is 2.61 bits per heavy atom. The second-order valence-electron chi connectivity index (χ2n) is 4.80. The van der Waals surface area contributed by atoms with E-state index >= 15 is 0 Å². The summed E-state index contributed by atoms with van der Waals surface area (Å²) in [5, 5.41) is 12.2. The highest BCUT2D eigenvalue weighted by atomic mass is 19.1. The zero-order valence-corrected chi connectivity index (χ0v) is 10.3. The van der Waals surface area contributed by atoms with Crippen LogP contribution in [0.4, 0.5) is 8.78 Å². The van der Waals surface area contributed by atoms with Gasteiger partial charge >= 0.3 is 0 Å². The van der Waals surface area contributed by atoms with Gasteiger partial charge in [-0.05, 0) is 31.9 Å². The van der Waals surface area contributed by atoms with Crippen LogP contribution in [0.25, 0.3) is 0 Å². The van der Waals surface area contributed by atoms with Crippen molar-refractivity contribution >= 4 is 0 Å². The number of nitrogens with zero attached hydrogens (tertiary/aromatic N) is 1. The fourth-order valence-corrected chi connectivity index (χ4v) is 2.64. The number of nitriles is 1. The van der Waals surface area contributed by atoms with Gasteiger partial charge in [-0.2, -0.15) is 5.26 Å². The van der Waals surface area contributed by atoms with Crippen LogP contribution in [-0.2, 0) is 0 Å². The van der Waals surface area contributed by atoms with Crippen LogP contribution in [0.1, 0.15) is 37.8 Å². The molecule has 4 heteroatoms. The maximum Gasteiger partial charge on any atom is 0.130 e. The summed E-state index contributed by atoms with van der Waals surface area (Å²) < 4.78 is 27.2. The lowest BCUT2D eigenvalue weighted by molar-refractivity contribution is 0.398. The Kier molecular flexibility index (Phi) is 3.93. The van der Waals surface area contributed by atoms with Crippen LogP contribution in [-0.4, -0.2) is 6.04 Å². The summed E-state index contributed by atoms with van der Waals surface area (Å²) in [4.78, 5) is 0. The van der Waals surface area contributed by atoms with Crippen molar-refractivity contribution in [2.24, 2.45) is 5.92 Å². The summed E-state index contributed by atoms with van der Waals surface area (Å²) in [7, 11) is 0. The molecule has 0 saturated heterocycles. The Bertz CT molecular complexity index is 447. The van der Waals surface area contributed by atoms with Crippen molar-refractivity contribution in [2.75, 3.05) is 0 Å². The van der Waals surface area contributed by atoms with Gasteiger partial charge in [0.2, 0.25) is 0 Å². The Morgan fingerprint density at radius 1 is 1.33 bits per heavy atom. The minimum atomic E-state index is -0.540. The molecule has 0 aromatic heterocycles. The average molecular weight is 250 g/mol. The van der Waals surface area contributed by atoms with Gasteiger partial charge < -0.3 is 5.32 Å². The third-order valence-corrected chi connectivity index (χ3v) is 3.58. The Labute approximate surface area is 106 Å². The van der Waals surface area contributed by atoms with E-state index < -0.39 is 17.7 Å². The lowest BCUT2D eigenvalue weighted by Crippen LogP contribution is -2.34. The van der Waals surface area contributed by atoms with Crippen molar-refractivity contribution in [3.63, 3.8) is 0 Å². The number of halogens is 2. The first-order chi connectivity index (χ1) is 8.63. The predicted molar refractivity (Wildman–Crippen MR) is 64.7 cm³/mol. The van der Waals surface area contributed by atoms with E-state index in [1.54, 1.807) is 6.92 Å². The molecule has 0 aliphatic heterocycles. The van der Waals surface area contributed by atoms with Crippen molar-refractivity contribution in [3.8, 4) is 6.07 Å². The quantitative estimate of drug-likeness (QED) is 0.893. The van der Waals surface area contributed by atoms with E-state index in [0.717, 1.165) is 19.3 Å². The number of nitrogens with one attached hydrogen (secondary N) is 1. The van der Waals surface area contributed by atoms with Crippen molar-refractivity contribution in [1.82, 2.24) is 5.32 Å². The van der Waals surface area contributed by atoms with Crippen LogP contribution in [0.5, 0.6) is 0 Å². The summed E-state index contributed by atoms with van der Waals surface area (Å²) in [5.74, 6) is -1.13. The van der Waals surface area contributed by atoms with Gasteiger partial charge in [-0.3, -0.25) is 0 Å². The largest absolute Gasteiger partial charge is 0.306 e. The van der Waals surface area contributed by atoms with Gasteiger partial charge in [0.25, 0.3) is 0 Å². The highest BCUT2D eigenvalue weighted by molar-refractivity contribution is 5.23. The molecule has 3 unspecified atom stereocenters. The molecule has 1 aromatic rings. The molecule has 1 fully saturated rings. The van der Waals surface area contributed by atoms with E-state index in [0.29, 0.717) is 0 Å². The van der Waals surface area contributed by atoms with Gasteiger partial charge in [-0.1, -0.05) is 12.5 Å². The second kappa shape index (κ2) is 5.45. The van der Waals surface area contributed by atoms with Gasteiger partial charge in [0.15, 0.2) is 0 Å². The average Bonchev–Trinajstić information content (AvgIpc) is 2.76. The fraction of sp³-hybridized carbons (Fsp3) is 0.500. The van der Waals surface area contributed by atoms with E-state index in [2.05, 4.69) is 11.4 Å². The smallest absolute Gasteiger partial charge is 0.130 e. The van der Waals surface area contributed by atoms with Gasteiger partial charge in [0, 0.05) is 17.6 Å². The molecule has 0 bridgehead atoms. The van der Waals surface area contributed by atoms with E-state index in [-0.39, 0.29) is 17.5 Å². The van der Waals surface area contributed by atoms with Crippen molar-refractivity contribution in [2.45, 2.75) is 38.3 Å². The maximum atomic E-state index is 13.6. The van der Waals surface area contributed by atoms with Crippen molar-refractivity contribution < 1.29 is 8.78 Å². The Balaban J connectivity index is 2.13. The van der Waals surface area contributed by atoms with E-state index in [9.17, 15) is 8.78 Å². The first-order valence-corrected chi connectivity index (χ1v) is 6.23. The van der Waals surface area contributed by atoms with E-state index in [1.165, 1.54) is 18.2 Å². The number of rotatable bonds is 3. The normalized spacial score (nSPS) is 24.8. The molecular weight excluding hydrogens is 234 g/mol. The summed E-state index contributed by atoms with van der Waals surface area (Å²) in [6, 6.07) is 5.73. The van der Waals surface area contributed by atoms with Crippen LogP contribution in [0.3, 0.4) is 0 Å². The predicted octanol–water partition coefficient (Wildman–Crippen LogP) is 3.31. The van der Waals surface area contributed by atoms with Crippen LogP contribution in [0.2, 0.25) is 0 Å². The molecule has 1 aliphatic rings. The van der Waals surface area contributed by atoms with Crippen LogP contribution in [0.15, 0.2) is 18.2 Å². The third kappa shape index (κ3) is 2.51. The number of hydrogen-bond acceptors (Lipinski definition) is 2.